The van der Waals surface area contributed by atoms with Crippen molar-refractivity contribution >= 4 is 27.5 Å². The highest BCUT2D eigenvalue weighted by molar-refractivity contribution is 9.10. The van der Waals surface area contributed by atoms with Crippen LogP contribution in [0.15, 0.2) is 40.9 Å². The maximum atomic E-state index is 13.6. The monoisotopic (exact) mass is 323 g/mol. The molecule has 19 heavy (non-hydrogen) atoms. The second-order valence-corrected chi connectivity index (χ2v) is 4.99. The van der Waals surface area contributed by atoms with Crippen LogP contribution in [0.5, 0.6) is 5.75 Å². The fraction of sp³-hybridized carbons (Fsp3) is 0.0714. The van der Waals surface area contributed by atoms with E-state index in [0.717, 1.165) is 0 Å². The minimum atomic E-state index is -0.594. The highest BCUT2D eigenvalue weighted by atomic mass is 79.9. The molecular formula is C14H11BrFNO2. The van der Waals surface area contributed by atoms with E-state index in [9.17, 15) is 14.3 Å². The Balaban J connectivity index is 2.25. The summed E-state index contributed by atoms with van der Waals surface area (Å²) in [5.41, 5.74) is 1.20. The van der Waals surface area contributed by atoms with Gasteiger partial charge in [-0.2, -0.15) is 0 Å². The molecule has 0 atom stereocenters. The predicted octanol–water partition coefficient (Wildman–Crippen LogP) is 3.85. The molecule has 0 unspecified atom stereocenters. The van der Waals surface area contributed by atoms with Gasteiger partial charge in [0.2, 0.25) is 0 Å². The molecule has 3 nitrogen and oxygen atoms in total. The number of halogens is 2. The first-order chi connectivity index (χ1) is 8.97. The third-order valence-electron chi connectivity index (χ3n) is 2.63. The molecule has 2 aromatic carbocycles. The van der Waals surface area contributed by atoms with Gasteiger partial charge >= 0.3 is 0 Å². The van der Waals surface area contributed by atoms with E-state index in [1.54, 1.807) is 19.1 Å². The molecule has 2 aromatic rings. The van der Waals surface area contributed by atoms with Crippen LogP contribution in [0.25, 0.3) is 0 Å². The van der Waals surface area contributed by atoms with E-state index < -0.39 is 11.7 Å². The molecule has 0 heterocycles. The maximum absolute atomic E-state index is 13.6. The van der Waals surface area contributed by atoms with Crippen molar-refractivity contribution in [1.29, 1.82) is 0 Å². The maximum Gasteiger partial charge on any atom is 0.258 e. The molecule has 2 rings (SSSR count). The van der Waals surface area contributed by atoms with Gasteiger partial charge in [0, 0.05) is 10.2 Å². The molecule has 0 fully saturated rings. The number of rotatable bonds is 2. The Morgan fingerprint density at radius 3 is 2.63 bits per heavy atom. The number of nitrogens with one attached hydrogen (secondary N) is 1. The topological polar surface area (TPSA) is 49.3 Å². The number of amides is 1. The molecule has 2 N–H and O–H groups in total. The zero-order valence-corrected chi connectivity index (χ0v) is 11.7. The standard InChI is InChI=1S/C14H11BrFNO2/c1-8-6-10(18)3-5-13(8)17-14(19)11-4-2-9(15)7-12(11)16/h2-7,18H,1H3,(H,17,19). The highest BCUT2D eigenvalue weighted by Gasteiger charge is 2.13. The number of carbonyl (C=O) groups excluding carboxylic acids is 1. The highest BCUT2D eigenvalue weighted by Crippen LogP contribution is 2.22. The summed E-state index contributed by atoms with van der Waals surface area (Å²) >= 11 is 3.13. The van der Waals surface area contributed by atoms with Gasteiger partial charge in [0.1, 0.15) is 11.6 Å². The minimum Gasteiger partial charge on any atom is -0.508 e. The average molecular weight is 324 g/mol. The van der Waals surface area contributed by atoms with E-state index in [1.165, 1.54) is 24.3 Å². The van der Waals surface area contributed by atoms with Gasteiger partial charge in [0.15, 0.2) is 0 Å². The molecule has 0 aromatic heterocycles. The lowest BCUT2D eigenvalue weighted by molar-refractivity contribution is 0.102. The lowest BCUT2D eigenvalue weighted by Gasteiger charge is -2.09. The van der Waals surface area contributed by atoms with E-state index >= 15 is 0 Å². The number of aromatic hydroxyl groups is 1. The molecule has 0 aliphatic rings. The summed E-state index contributed by atoms with van der Waals surface area (Å²) in [5, 5.41) is 11.9. The van der Waals surface area contributed by atoms with Crippen molar-refractivity contribution in [3.05, 3.63) is 57.8 Å². The number of anilines is 1. The number of carbonyl (C=O) groups is 1. The van der Waals surface area contributed by atoms with Crippen LogP contribution in [0.3, 0.4) is 0 Å². The van der Waals surface area contributed by atoms with Crippen molar-refractivity contribution in [3.8, 4) is 5.75 Å². The average Bonchev–Trinajstić information content (AvgIpc) is 2.32. The fourth-order valence-electron chi connectivity index (χ4n) is 1.65. The molecule has 5 heteroatoms. The number of phenols is 1. The van der Waals surface area contributed by atoms with Crippen molar-refractivity contribution in [2.24, 2.45) is 0 Å². The van der Waals surface area contributed by atoms with E-state index in [-0.39, 0.29) is 11.3 Å². The van der Waals surface area contributed by atoms with Crippen LogP contribution in [-0.4, -0.2) is 11.0 Å². The van der Waals surface area contributed by atoms with Crippen LogP contribution in [-0.2, 0) is 0 Å². The summed E-state index contributed by atoms with van der Waals surface area (Å²) in [7, 11) is 0. The Kier molecular flexibility index (Phi) is 3.85. The first kappa shape index (κ1) is 13.5. The van der Waals surface area contributed by atoms with Crippen molar-refractivity contribution in [2.75, 3.05) is 5.32 Å². The van der Waals surface area contributed by atoms with Crippen LogP contribution in [0.2, 0.25) is 0 Å². The number of aryl methyl sites for hydroxylation is 1. The number of phenolic OH excluding ortho intramolecular Hbond substituents is 1. The summed E-state index contributed by atoms with van der Waals surface area (Å²) < 4.78 is 14.2. The van der Waals surface area contributed by atoms with Crippen molar-refractivity contribution in [2.45, 2.75) is 6.92 Å². The van der Waals surface area contributed by atoms with E-state index in [0.29, 0.717) is 15.7 Å². The van der Waals surface area contributed by atoms with Crippen LogP contribution in [0, 0.1) is 12.7 Å². The molecule has 0 aliphatic carbocycles. The van der Waals surface area contributed by atoms with E-state index in [1.807, 2.05) is 0 Å². The van der Waals surface area contributed by atoms with Crippen molar-refractivity contribution in [1.82, 2.24) is 0 Å². The van der Waals surface area contributed by atoms with Crippen LogP contribution >= 0.6 is 15.9 Å². The summed E-state index contributed by atoms with van der Waals surface area (Å²) in [5.74, 6) is -1.01. The lowest BCUT2D eigenvalue weighted by atomic mass is 10.1. The smallest absolute Gasteiger partial charge is 0.258 e. The Morgan fingerprint density at radius 2 is 2.00 bits per heavy atom. The van der Waals surface area contributed by atoms with Gasteiger partial charge in [-0.25, -0.2) is 4.39 Å². The molecule has 0 spiro atoms. The van der Waals surface area contributed by atoms with Gasteiger partial charge in [0.05, 0.1) is 5.56 Å². The van der Waals surface area contributed by atoms with Crippen LogP contribution in [0.4, 0.5) is 10.1 Å². The van der Waals surface area contributed by atoms with Crippen molar-refractivity contribution < 1.29 is 14.3 Å². The third kappa shape index (κ3) is 3.12. The Labute approximate surface area is 118 Å². The van der Waals surface area contributed by atoms with Gasteiger partial charge in [-0.3, -0.25) is 4.79 Å². The Morgan fingerprint density at radius 1 is 1.26 bits per heavy atom. The first-order valence-corrected chi connectivity index (χ1v) is 6.32. The molecule has 0 bridgehead atoms. The van der Waals surface area contributed by atoms with Gasteiger partial charge in [-0.1, -0.05) is 15.9 Å². The first-order valence-electron chi connectivity index (χ1n) is 5.53. The van der Waals surface area contributed by atoms with Crippen molar-refractivity contribution in [3.63, 3.8) is 0 Å². The molecule has 0 radical (unpaired) electrons. The zero-order chi connectivity index (χ0) is 14.0. The number of hydrogen-bond donors (Lipinski definition) is 2. The normalized spacial score (nSPS) is 10.3. The third-order valence-corrected chi connectivity index (χ3v) is 3.13. The number of benzene rings is 2. The number of hydrogen-bond acceptors (Lipinski definition) is 2. The van der Waals surface area contributed by atoms with Gasteiger partial charge in [-0.15, -0.1) is 0 Å². The Hall–Kier alpha value is -1.88. The van der Waals surface area contributed by atoms with Crippen LogP contribution in [0.1, 0.15) is 15.9 Å². The molecule has 98 valence electrons. The molecule has 0 saturated carbocycles. The fourth-order valence-corrected chi connectivity index (χ4v) is 1.98. The second-order valence-electron chi connectivity index (χ2n) is 4.08. The summed E-state index contributed by atoms with van der Waals surface area (Å²) in [4.78, 5) is 12.0. The van der Waals surface area contributed by atoms with E-state index in [2.05, 4.69) is 21.2 Å². The summed E-state index contributed by atoms with van der Waals surface area (Å²) in [6.45, 7) is 1.74. The predicted molar refractivity (Wildman–Crippen MR) is 74.9 cm³/mol. The molecule has 0 aliphatic heterocycles. The minimum absolute atomic E-state index is 0.0318. The lowest BCUT2D eigenvalue weighted by Crippen LogP contribution is -2.14. The molecular weight excluding hydrogens is 313 g/mol. The zero-order valence-electron chi connectivity index (χ0n) is 10.1. The SMILES string of the molecule is Cc1cc(O)ccc1NC(=O)c1ccc(Br)cc1F. The van der Waals surface area contributed by atoms with Gasteiger partial charge < -0.3 is 10.4 Å². The van der Waals surface area contributed by atoms with Gasteiger partial charge in [0.25, 0.3) is 5.91 Å². The molecule has 0 saturated heterocycles. The van der Waals surface area contributed by atoms with Crippen LogP contribution < -0.4 is 5.32 Å². The van der Waals surface area contributed by atoms with Gasteiger partial charge in [-0.05, 0) is 48.9 Å². The van der Waals surface area contributed by atoms with E-state index in [4.69, 9.17) is 0 Å². The summed E-state index contributed by atoms with van der Waals surface area (Å²) in [6, 6.07) is 8.79. The second kappa shape index (κ2) is 5.40. The molecule has 1 amide bonds. The Bertz CT molecular complexity index is 643. The summed E-state index contributed by atoms with van der Waals surface area (Å²) in [6.07, 6.45) is 0. The quantitative estimate of drug-likeness (QED) is 0.824. The largest absolute Gasteiger partial charge is 0.508 e.